The molecule has 138 valence electrons. The predicted octanol–water partition coefficient (Wildman–Crippen LogP) is 2.52. The van der Waals surface area contributed by atoms with Crippen molar-refractivity contribution in [2.45, 2.75) is 19.0 Å². The number of carbonyl (C=O) groups excluding carboxylic acids is 1. The van der Waals surface area contributed by atoms with Gasteiger partial charge in [0.2, 0.25) is 5.91 Å². The zero-order valence-corrected chi connectivity index (χ0v) is 15.3. The van der Waals surface area contributed by atoms with Crippen molar-refractivity contribution in [1.82, 2.24) is 4.90 Å². The molecular formula is C19H21NO5S. The fourth-order valence-electron chi connectivity index (χ4n) is 2.97. The van der Waals surface area contributed by atoms with Gasteiger partial charge in [0, 0.05) is 18.7 Å². The summed E-state index contributed by atoms with van der Waals surface area (Å²) >= 11 is 0. The van der Waals surface area contributed by atoms with Gasteiger partial charge in [-0.15, -0.1) is 0 Å². The Morgan fingerprint density at radius 2 is 2.08 bits per heavy atom. The Hall–Kier alpha value is -2.54. The summed E-state index contributed by atoms with van der Waals surface area (Å²) in [6.45, 7) is 0.339. The van der Waals surface area contributed by atoms with E-state index >= 15 is 0 Å². The van der Waals surface area contributed by atoms with Gasteiger partial charge < -0.3 is 14.1 Å². The molecule has 0 saturated carbocycles. The summed E-state index contributed by atoms with van der Waals surface area (Å²) in [6, 6.07) is 10.6. The van der Waals surface area contributed by atoms with Crippen molar-refractivity contribution in [1.29, 1.82) is 0 Å². The summed E-state index contributed by atoms with van der Waals surface area (Å²) in [5.41, 5.74) is 0.912. The number of hydrogen-bond acceptors (Lipinski definition) is 5. The van der Waals surface area contributed by atoms with Crippen molar-refractivity contribution in [3.05, 3.63) is 60.1 Å². The topological polar surface area (TPSA) is 76.8 Å². The Bertz CT molecular complexity index is 869. The molecule has 0 bridgehead atoms. The van der Waals surface area contributed by atoms with Crippen LogP contribution in [0.1, 0.15) is 17.7 Å². The van der Waals surface area contributed by atoms with E-state index in [1.165, 1.54) is 12.3 Å². The number of sulfone groups is 1. The van der Waals surface area contributed by atoms with Crippen LogP contribution in [0.3, 0.4) is 0 Å². The molecule has 0 unspecified atom stereocenters. The van der Waals surface area contributed by atoms with E-state index in [1.807, 2.05) is 24.3 Å². The molecule has 0 N–H and O–H groups in total. The average Bonchev–Trinajstić information content (AvgIpc) is 3.27. The van der Waals surface area contributed by atoms with Crippen LogP contribution in [-0.2, 0) is 21.2 Å². The van der Waals surface area contributed by atoms with E-state index < -0.39 is 9.84 Å². The first kappa shape index (κ1) is 18.3. The highest BCUT2D eigenvalue weighted by Crippen LogP contribution is 2.22. The molecule has 0 radical (unpaired) electrons. The van der Waals surface area contributed by atoms with Crippen LogP contribution in [0.4, 0.5) is 0 Å². The van der Waals surface area contributed by atoms with E-state index in [9.17, 15) is 13.2 Å². The molecular weight excluding hydrogens is 354 g/mol. The predicted molar refractivity (Wildman–Crippen MR) is 98.3 cm³/mol. The largest absolute Gasteiger partial charge is 0.497 e. The standard InChI is InChI=1S/C19H21NO5S/c1-24-17-6-4-15(5-7-17)13-20(16-10-12-26(22,23)14-16)19(21)9-8-18-3-2-11-25-18/h2-9,11,16H,10,12-14H2,1H3/b9-8+/t16-/m1/s1. The molecule has 1 aromatic heterocycles. The molecule has 3 rings (SSSR count). The lowest BCUT2D eigenvalue weighted by atomic mass is 10.1. The monoisotopic (exact) mass is 375 g/mol. The third-order valence-electron chi connectivity index (χ3n) is 4.38. The number of amides is 1. The second kappa shape index (κ2) is 7.78. The minimum atomic E-state index is -3.09. The van der Waals surface area contributed by atoms with Gasteiger partial charge in [0.1, 0.15) is 11.5 Å². The number of ether oxygens (including phenoxy) is 1. The second-order valence-electron chi connectivity index (χ2n) is 6.22. The van der Waals surface area contributed by atoms with Gasteiger partial charge in [-0.2, -0.15) is 0 Å². The third kappa shape index (κ3) is 4.54. The molecule has 1 aromatic carbocycles. The molecule has 6 nitrogen and oxygen atoms in total. The number of nitrogens with zero attached hydrogens (tertiary/aromatic N) is 1. The highest BCUT2D eigenvalue weighted by molar-refractivity contribution is 7.91. The highest BCUT2D eigenvalue weighted by Gasteiger charge is 2.34. The molecule has 1 amide bonds. The lowest BCUT2D eigenvalue weighted by molar-refractivity contribution is -0.128. The molecule has 7 heteroatoms. The maximum atomic E-state index is 12.7. The zero-order valence-electron chi connectivity index (χ0n) is 14.5. The first-order valence-electron chi connectivity index (χ1n) is 8.32. The van der Waals surface area contributed by atoms with Crippen molar-refractivity contribution in [3.8, 4) is 5.75 Å². The molecule has 2 aromatic rings. The lowest BCUT2D eigenvalue weighted by Gasteiger charge is -2.27. The molecule has 0 spiro atoms. The van der Waals surface area contributed by atoms with Gasteiger partial charge in [-0.05, 0) is 42.3 Å². The van der Waals surface area contributed by atoms with E-state index in [4.69, 9.17) is 9.15 Å². The van der Waals surface area contributed by atoms with Crippen molar-refractivity contribution >= 4 is 21.8 Å². The van der Waals surface area contributed by atoms with Gasteiger partial charge in [-0.3, -0.25) is 4.79 Å². The van der Waals surface area contributed by atoms with Gasteiger partial charge in [-0.1, -0.05) is 12.1 Å². The normalized spacial score (nSPS) is 18.9. The third-order valence-corrected chi connectivity index (χ3v) is 6.13. The van der Waals surface area contributed by atoms with Crippen LogP contribution in [0.15, 0.2) is 53.2 Å². The van der Waals surface area contributed by atoms with Gasteiger partial charge in [-0.25, -0.2) is 8.42 Å². The molecule has 2 heterocycles. The van der Waals surface area contributed by atoms with Crippen LogP contribution in [0.5, 0.6) is 5.75 Å². The summed E-state index contributed by atoms with van der Waals surface area (Å²) in [6.07, 6.45) is 5.00. The summed E-state index contributed by atoms with van der Waals surface area (Å²) in [7, 11) is -1.50. The van der Waals surface area contributed by atoms with Crippen LogP contribution < -0.4 is 4.74 Å². The fraction of sp³-hybridized carbons (Fsp3) is 0.316. The first-order chi connectivity index (χ1) is 12.5. The number of carbonyl (C=O) groups is 1. The molecule has 1 atom stereocenters. The van der Waals surface area contributed by atoms with E-state index in [2.05, 4.69) is 0 Å². The Morgan fingerprint density at radius 1 is 1.31 bits per heavy atom. The summed E-state index contributed by atoms with van der Waals surface area (Å²) < 4.78 is 34.1. The Balaban J connectivity index is 1.79. The maximum Gasteiger partial charge on any atom is 0.247 e. The van der Waals surface area contributed by atoms with Gasteiger partial charge in [0.25, 0.3) is 0 Å². The van der Waals surface area contributed by atoms with Crippen molar-refractivity contribution in [2.75, 3.05) is 18.6 Å². The molecule has 26 heavy (non-hydrogen) atoms. The summed E-state index contributed by atoms with van der Waals surface area (Å²) in [5.74, 6) is 1.18. The summed E-state index contributed by atoms with van der Waals surface area (Å²) in [5, 5.41) is 0. The smallest absolute Gasteiger partial charge is 0.247 e. The van der Waals surface area contributed by atoms with Crippen molar-refractivity contribution in [3.63, 3.8) is 0 Å². The molecule has 0 aliphatic carbocycles. The minimum Gasteiger partial charge on any atom is -0.497 e. The van der Waals surface area contributed by atoms with E-state index in [-0.39, 0.29) is 23.5 Å². The molecule has 1 aliphatic heterocycles. The maximum absolute atomic E-state index is 12.7. The van der Waals surface area contributed by atoms with Crippen LogP contribution in [0.25, 0.3) is 6.08 Å². The Kier molecular flexibility index (Phi) is 5.46. The van der Waals surface area contributed by atoms with Crippen molar-refractivity contribution in [2.24, 2.45) is 0 Å². The van der Waals surface area contributed by atoms with Crippen LogP contribution in [0.2, 0.25) is 0 Å². The van der Waals surface area contributed by atoms with Crippen LogP contribution >= 0.6 is 0 Å². The highest BCUT2D eigenvalue weighted by atomic mass is 32.2. The van der Waals surface area contributed by atoms with Crippen molar-refractivity contribution < 1.29 is 22.4 Å². The second-order valence-corrected chi connectivity index (χ2v) is 8.45. The lowest BCUT2D eigenvalue weighted by Crippen LogP contribution is -2.39. The van der Waals surface area contributed by atoms with Crippen LogP contribution in [-0.4, -0.2) is 43.9 Å². The number of furan rings is 1. The van der Waals surface area contributed by atoms with Crippen LogP contribution in [0, 0.1) is 0 Å². The molecule has 1 aliphatic rings. The number of benzene rings is 1. The first-order valence-corrected chi connectivity index (χ1v) is 10.1. The van der Waals surface area contributed by atoms with E-state index in [0.717, 1.165) is 11.3 Å². The van der Waals surface area contributed by atoms with Gasteiger partial charge in [0.15, 0.2) is 9.84 Å². The Morgan fingerprint density at radius 3 is 2.65 bits per heavy atom. The average molecular weight is 375 g/mol. The minimum absolute atomic E-state index is 0.00346. The number of rotatable bonds is 6. The zero-order chi connectivity index (χ0) is 18.6. The number of methoxy groups -OCH3 is 1. The van der Waals surface area contributed by atoms with E-state index in [0.29, 0.717) is 18.7 Å². The van der Waals surface area contributed by atoms with E-state index in [1.54, 1.807) is 30.2 Å². The fourth-order valence-corrected chi connectivity index (χ4v) is 4.70. The molecule has 1 fully saturated rings. The number of hydrogen-bond donors (Lipinski definition) is 0. The van der Waals surface area contributed by atoms with Gasteiger partial charge >= 0.3 is 0 Å². The SMILES string of the molecule is COc1ccc(CN(C(=O)/C=C/c2ccco2)[C@@H]2CCS(=O)(=O)C2)cc1. The Labute approximate surface area is 153 Å². The molecule has 1 saturated heterocycles. The summed E-state index contributed by atoms with van der Waals surface area (Å²) in [4.78, 5) is 14.4. The van der Waals surface area contributed by atoms with Gasteiger partial charge in [0.05, 0.1) is 24.9 Å². The quantitative estimate of drug-likeness (QED) is 0.725.